The Hall–Kier alpha value is -1.89. The van der Waals surface area contributed by atoms with Crippen LogP contribution in [0.15, 0.2) is 30.5 Å². The average molecular weight is 348 g/mol. The molecule has 0 heterocycles. The maximum atomic E-state index is 13.4. The van der Waals surface area contributed by atoms with Crippen LogP contribution in [0.1, 0.15) is 24.5 Å². The minimum Gasteiger partial charge on any atom is -0.498 e. The van der Waals surface area contributed by atoms with Crippen molar-refractivity contribution >= 4 is 5.78 Å². The van der Waals surface area contributed by atoms with E-state index in [4.69, 9.17) is 9.47 Å². The SMILES string of the molecule is C=C(OCC)C(Cc1ccc(F)c(C(F)(F)F)c1)C(=O)CCOC. The van der Waals surface area contributed by atoms with Crippen LogP contribution in [0.25, 0.3) is 0 Å². The summed E-state index contributed by atoms with van der Waals surface area (Å²) in [4.78, 5) is 12.3. The fourth-order valence-corrected chi connectivity index (χ4v) is 2.22. The summed E-state index contributed by atoms with van der Waals surface area (Å²) in [6, 6.07) is 2.68. The molecule has 0 saturated carbocycles. The lowest BCUT2D eigenvalue weighted by atomic mass is 9.91. The minimum absolute atomic E-state index is 0.0509. The molecule has 3 nitrogen and oxygen atoms in total. The van der Waals surface area contributed by atoms with Gasteiger partial charge >= 0.3 is 6.18 Å². The van der Waals surface area contributed by atoms with Gasteiger partial charge in [0, 0.05) is 13.5 Å². The highest BCUT2D eigenvalue weighted by molar-refractivity contribution is 5.83. The molecule has 1 aromatic carbocycles. The first kappa shape index (κ1) is 20.2. The Morgan fingerprint density at radius 2 is 2.00 bits per heavy atom. The van der Waals surface area contributed by atoms with E-state index >= 15 is 0 Å². The van der Waals surface area contributed by atoms with Crippen molar-refractivity contribution < 1.29 is 31.8 Å². The third-order valence-corrected chi connectivity index (χ3v) is 3.44. The smallest absolute Gasteiger partial charge is 0.419 e. The molecule has 0 saturated heterocycles. The molecule has 0 N–H and O–H groups in total. The van der Waals surface area contributed by atoms with Gasteiger partial charge in [-0.1, -0.05) is 12.6 Å². The van der Waals surface area contributed by atoms with Crippen LogP contribution in [0.5, 0.6) is 0 Å². The Morgan fingerprint density at radius 3 is 2.54 bits per heavy atom. The van der Waals surface area contributed by atoms with E-state index in [0.717, 1.165) is 6.07 Å². The van der Waals surface area contributed by atoms with E-state index in [1.54, 1.807) is 6.92 Å². The van der Waals surface area contributed by atoms with Gasteiger partial charge in [-0.3, -0.25) is 4.79 Å². The number of allylic oxidation sites excluding steroid dienone is 1. The second-order valence-corrected chi connectivity index (χ2v) is 5.18. The third-order valence-electron chi connectivity index (χ3n) is 3.44. The highest BCUT2D eigenvalue weighted by Crippen LogP contribution is 2.32. The zero-order valence-electron chi connectivity index (χ0n) is 13.6. The van der Waals surface area contributed by atoms with Crippen LogP contribution in [-0.2, 0) is 26.9 Å². The van der Waals surface area contributed by atoms with Crippen LogP contribution in [0.3, 0.4) is 0 Å². The number of alkyl halides is 3. The highest BCUT2D eigenvalue weighted by Gasteiger charge is 2.34. The molecule has 0 aliphatic rings. The van der Waals surface area contributed by atoms with Gasteiger partial charge in [0.15, 0.2) is 0 Å². The molecule has 1 rings (SSSR count). The van der Waals surface area contributed by atoms with Gasteiger partial charge in [-0.05, 0) is 31.0 Å². The van der Waals surface area contributed by atoms with Gasteiger partial charge in [0.1, 0.15) is 11.6 Å². The standard InChI is InChI=1S/C17H20F4O3/c1-4-24-11(2)13(16(22)7-8-23-3)9-12-5-6-15(18)14(10-12)17(19,20)21/h5-6,10,13H,2,4,7-9H2,1,3H3. The number of ether oxygens (including phenoxy) is 2. The number of Topliss-reactive ketones (excluding diaryl/α,β-unsaturated/α-hetero) is 1. The number of carbonyl (C=O) groups excluding carboxylic acids is 1. The van der Waals surface area contributed by atoms with E-state index in [1.165, 1.54) is 13.2 Å². The Balaban J connectivity index is 3.05. The van der Waals surface area contributed by atoms with E-state index in [2.05, 4.69) is 6.58 Å². The summed E-state index contributed by atoms with van der Waals surface area (Å²) in [6.45, 7) is 5.86. The fraction of sp³-hybridized carbons (Fsp3) is 0.471. The predicted molar refractivity (Wildman–Crippen MR) is 80.9 cm³/mol. The number of benzene rings is 1. The van der Waals surface area contributed by atoms with Crippen LogP contribution in [0.4, 0.5) is 17.6 Å². The summed E-state index contributed by atoms with van der Waals surface area (Å²) in [5.41, 5.74) is -1.18. The molecule has 0 bridgehead atoms. The van der Waals surface area contributed by atoms with Crippen LogP contribution in [0, 0.1) is 11.7 Å². The molecule has 0 radical (unpaired) electrons. The van der Waals surface area contributed by atoms with E-state index in [-0.39, 0.29) is 43.2 Å². The molecule has 24 heavy (non-hydrogen) atoms. The van der Waals surface area contributed by atoms with E-state index < -0.39 is 23.5 Å². The van der Waals surface area contributed by atoms with Crippen LogP contribution >= 0.6 is 0 Å². The van der Waals surface area contributed by atoms with E-state index in [0.29, 0.717) is 6.07 Å². The minimum atomic E-state index is -4.80. The van der Waals surface area contributed by atoms with Gasteiger partial charge in [0.2, 0.25) is 0 Å². The zero-order valence-corrected chi connectivity index (χ0v) is 13.6. The lowest BCUT2D eigenvalue weighted by molar-refractivity contribution is -0.140. The number of carbonyl (C=O) groups is 1. The molecule has 0 spiro atoms. The predicted octanol–water partition coefficient (Wildman–Crippen LogP) is 4.16. The summed E-state index contributed by atoms with van der Waals surface area (Å²) in [6.07, 6.45) is -4.77. The van der Waals surface area contributed by atoms with Gasteiger partial charge in [0.05, 0.1) is 30.5 Å². The Kier molecular flexibility index (Phi) is 7.41. The maximum Gasteiger partial charge on any atom is 0.419 e. The van der Waals surface area contributed by atoms with Gasteiger partial charge < -0.3 is 9.47 Å². The van der Waals surface area contributed by atoms with E-state index in [9.17, 15) is 22.4 Å². The number of methoxy groups -OCH3 is 1. The molecule has 134 valence electrons. The van der Waals surface area contributed by atoms with Crippen molar-refractivity contribution in [1.82, 2.24) is 0 Å². The molecular formula is C17H20F4O3. The normalized spacial score (nSPS) is 12.8. The monoisotopic (exact) mass is 348 g/mol. The second kappa shape index (κ2) is 8.82. The summed E-state index contributed by atoms with van der Waals surface area (Å²) >= 11 is 0. The average Bonchev–Trinajstić information content (AvgIpc) is 2.50. The molecule has 0 aliphatic heterocycles. The quantitative estimate of drug-likeness (QED) is 0.497. The first-order valence-corrected chi connectivity index (χ1v) is 7.39. The third kappa shape index (κ3) is 5.63. The molecule has 1 atom stereocenters. The zero-order chi connectivity index (χ0) is 18.3. The Bertz CT molecular complexity index is 582. The number of rotatable bonds is 9. The molecule has 0 aliphatic carbocycles. The van der Waals surface area contributed by atoms with Gasteiger partial charge in [0.25, 0.3) is 0 Å². The van der Waals surface area contributed by atoms with Crippen molar-refractivity contribution in [1.29, 1.82) is 0 Å². The topological polar surface area (TPSA) is 35.5 Å². The maximum absolute atomic E-state index is 13.4. The number of ketones is 1. The summed E-state index contributed by atoms with van der Waals surface area (Å²) in [5, 5.41) is 0. The molecule has 0 aromatic heterocycles. The summed E-state index contributed by atoms with van der Waals surface area (Å²) in [5.74, 6) is -2.24. The van der Waals surface area contributed by atoms with Gasteiger partial charge in [-0.25, -0.2) is 4.39 Å². The first-order valence-electron chi connectivity index (χ1n) is 7.39. The van der Waals surface area contributed by atoms with Crippen molar-refractivity contribution in [3.05, 3.63) is 47.5 Å². The molecule has 1 aromatic rings. The van der Waals surface area contributed by atoms with Crippen molar-refractivity contribution in [3.8, 4) is 0 Å². The molecule has 0 amide bonds. The molecule has 7 heteroatoms. The van der Waals surface area contributed by atoms with Crippen molar-refractivity contribution in [2.75, 3.05) is 20.3 Å². The van der Waals surface area contributed by atoms with Gasteiger partial charge in [-0.2, -0.15) is 13.2 Å². The Morgan fingerprint density at radius 1 is 1.33 bits per heavy atom. The van der Waals surface area contributed by atoms with Crippen molar-refractivity contribution in [2.45, 2.75) is 25.9 Å². The number of halogens is 4. The first-order chi connectivity index (χ1) is 11.2. The lowest BCUT2D eigenvalue weighted by Gasteiger charge is -2.19. The molecule has 0 fully saturated rings. The fourth-order valence-electron chi connectivity index (χ4n) is 2.22. The number of hydrogen-bond donors (Lipinski definition) is 0. The van der Waals surface area contributed by atoms with Crippen LogP contribution in [0.2, 0.25) is 0 Å². The second-order valence-electron chi connectivity index (χ2n) is 5.18. The Labute approximate surface area is 138 Å². The van der Waals surface area contributed by atoms with Gasteiger partial charge in [-0.15, -0.1) is 0 Å². The van der Waals surface area contributed by atoms with E-state index in [1.807, 2.05) is 0 Å². The van der Waals surface area contributed by atoms with Crippen molar-refractivity contribution in [3.63, 3.8) is 0 Å². The molecule has 1 unspecified atom stereocenters. The largest absolute Gasteiger partial charge is 0.498 e. The van der Waals surface area contributed by atoms with Crippen LogP contribution in [-0.4, -0.2) is 26.1 Å². The summed E-state index contributed by atoms with van der Waals surface area (Å²) in [7, 11) is 1.44. The number of hydrogen-bond acceptors (Lipinski definition) is 3. The van der Waals surface area contributed by atoms with Crippen LogP contribution < -0.4 is 0 Å². The summed E-state index contributed by atoms with van der Waals surface area (Å²) < 4.78 is 61.9. The lowest BCUT2D eigenvalue weighted by Crippen LogP contribution is -2.22. The van der Waals surface area contributed by atoms with Crippen molar-refractivity contribution in [2.24, 2.45) is 5.92 Å². The highest BCUT2D eigenvalue weighted by atomic mass is 19.4. The molecular weight excluding hydrogens is 328 g/mol.